The number of nitrogens with zero attached hydrogens (tertiary/aromatic N) is 2. The number of carbonyl (C=O) groups excluding carboxylic acids is 1. The van der Waals surface area contributed by atoms with Crippen molar-refractivity contribution in [1.29, 1.82) is 0 Å². The summed E-state index contributed by atoms with van der Waals surface area (Å²) in [6.07, 6.45) is 8.50. The summed E-state index contributed by atoms with van der Waals surface area (Å²) < 4.78 is 1.68. The van der Waals surface area contributed by atoms with Crippen molar-refractivity contribution < 1.29 is 4.79 Å². The zero-order chi connectivity index (χ0) is 17.9. The van der Waals surface area contributed by atoms with Gasteiger partial charge in [-0.15, -0.1) is 11.3 Å². The van der Waals surface area contributed by atoms with Crippen LogP contribution in [0.1, 0.15) is 46.0 Å². The highest BCUT2D eigenvalue weighted by molar-refractivity contribution is 7.10. The molecule has 0 saturated heterocycles. The molecule has 5 heteroatoms. The van der Waals surface area contributed by atoms with Crippen LogP contribution in [0.2, 0.25) is 0 Å². The van der Waals surface area contributed by atoms with E-state index in [2.05, 4.69) is 40.1 Å². The normalized spacial score (nSPS) is 14.7. The summed E-state index contributed by atoms with van der Waals surface area (Å²) in [5.41, 5.74) is 5.12. The molecular formula is C21H23N3OS. The van der Waals surface area contributed by atoms with E-state index >= 15 is 0 Å². The van der Waals surface area contributed by atoms with Crippen molar-refractivity contribution in [3.8, 4) is 0 Å². The Morgan fingerprint density at radius 1 is 1.27 bits per heavy atom. The molecular weight excluding hydrogens is 342 g/mol. The standard InChI is InChI=1S/C21H23N3OS/c1-15-12-22-24(13-15)14-20(25)23-21(19-7-4-10-26-19)18-9-8-16-5-2-3-6-17(16)11-18/h4,7-13,21H,2-3,5-6,14H2,1H3,(H,23,25). The van der Waals surface area contributed by atoms with Crippen LogP contribution in [0.3, 0.4) is 0 Å². The topological polar surface area (TPSA) is 46.9 Å². The molecule has 0 bridgehead atoms. The van der Waals surface area contributed by atoms with Crippen molar-refractivity contribution in [2.75, 3.05) is 0 Å². The minimum Gasteiger partial charge on any atom is -0.343 e. The number of carbonyl (C=O) groups is 1. The summed E-state index contributed by atoms with van der Waals surface area (Å²) >= 11 is 1.68. The maximum absolute atomic E-state index is 12.6. The second-order valence-electron chi connectivity index (χ2n) is 6.97. The number of fused-ring (bicyclic) bond motifs is 1. The SMILES string of the molecule is Cc1cnn(CC(=O)NC(c2ccc3c(c2)CCCC3)c2cccs2)c1. The van der Waals surface area contributed by atoms with Crippen LogP contribution in [0.15, 0.2) is 48.1 Å². The lowest BCUT2D eigenvalue weighted by Crippen LogP contribution is -2.32. The molecule has 2 aromatic heterocycles. The maximum atomic E-state index is 12.6. The predicted octanol–water partition coefficient (Wildman–Crippen LogP) is 4.04. The molecule has 0 radical (unpaired) electrons. The average Bonchev–Trinajstić information content (AvgIpc) is 3.31. The Labute approximate surface area is 157 Å². The number of aryl methyl sites for hydroxylation is 3. The third-order valence-electron chi connectivity index (χ3n) is 4.91. The van der Waals surface area contributed by atoms with E-state index in [-0.39, 0.29) is 18.5 Å². The first-order valence-electron chi connectivity index (χ1n) is 9.12. The van der Waals surface area contributed by atoms with Crippen molar-refractivity contribution in [3.63, 3.8) is 0 Å². The highest BCUT2D eigenvalue weighted by Gasteiger charge is 2.20. The van der Waals surface area contributed by atoms with E-state index in [0.717, 1.165) is 22.4 Å². The first kappa shape index (κ1) is 17.0. The van der Waals surface area contributed by atoms with Gasteiger partial charge in [0.1, 0.15) is 6.54 Å². The number of nitrogens with one attached hydrogen (secondary N) is 1. The highest BCUT2D eigenvalue weighted by Crippen LogP contribution is 2.30. The monoisotopic (exact) mass is 365 g/mol. The van der Waals surface area contributed by atoms with E-state index < -0.39 is 0 Å². The van der Waals surface area contributed by atoms with Gasteiger partial charge in [0, 0.05) is 11.1 Å². The van der Waals surface area contributed by atoms with Crippen LogP contribution < -0.4 is 5.32 Å². The van der Waals surface area contributed by atoms with Gasteiger partial charge in [0.2, 0.25) is 5.91 Å². The van der Waals surface area contributed by atoms with Gasteiger partial charge in [-0.05, 0) is 66.3 Å². The number of benzene rings is 1. The fourth-order valence-electron chi connectivity index (χ4n) is 3.61. The molecule has 4 rings (SSSR count). The van der Waals surface area contributed by atoms with E-state index in [1.54, 1.807) is 22.2 Å². The van der Waals surface area contributed by atoms with Gasteiger partial charge in [-0.25, -0.2) is 0 Å². The maximum Gasteiger partial charge on any atom is 0.242 e. The summed E-state index contributed by atoms with van der Waals surface area (Å²) in [6.45, 7) is 2.21. The Kier molecular flexibility index (Phi) is 4.89. The molecule has 0 saturated carbocycles. The zero-order valence-corrected chi connectivity index (χ0v) is 15.8. The Bertz CT molecular complexity index is 898. The Hall–Kier alpha value is -2.40. The summed E-state index contributed by atoms with van der Waals surface area (Å²) in [6, 6.07) is 10.7. The Morgan fingerprint density at radius 3 is 2.85 bits per heavy atom. The predicted molar refractivity (Wildman–Crippen MR) is 104 cm³/mol. The van der Waals surface area contributed by atoms with Gasteiger partial charge in [-0.3, -0.25) is 9.48 Å². The number of hydrogen-bond acceptors (Lipinski definition) is 3. The third-order valence-corrected chi connectivity index (χ3v) is 5.84. The molecule has 2 heterocycles. The molecule has 26 heavy (non-hydrogen) atoms. The van der Waals surface area contributed by atoms with E-state index in [1.165, 1.54) is 30.4 Å². The zero-order valence-electron chi connectivity index (χ0n) is 14.9. The first-order valence-corrected chi connectivity index (χ1v) is 10.0. The van der Waals surface area contributed by atoms with Gasteiger partial charge in [-0.1, -0.05) is 24.3 Å². The summed E-state index contributed by atoms with van der Waals surface area (Å²) in [4.78, 5) is 13.8. The molecule has 0 spiro atoms. The minimum absolute atomic E-state index is 0.0239. The summed E-state index contributed by atoms with van der Waals surface area (Å²) in [5.74, 6) is -0.0239. The lowest BCUT2D eigenvalue weighted by atomic mass is 9.89. The number of rotatable bonds is 5. The van der Waals surface area contributed by atoms with Gasteiger partial charge in [0.05, 0.1) is 12.2 Å². The van der Waals surface area contributed by atoms with Crippen molar-refractivity contribution in [2.45, 2.75) is 45.2 Å². The van der Waals surface area contributed by atoms with Crippen LogP contribution in [0.4, 0.5) is 0 Å². The number of aromatic nitrogens is 2. The quantitative estimate of drug-likeness (QED) is 0.742. The van der Waals surface area contributed by atoms with Gasteiger partial charge >= 0.3 is 0 Å². The minimum atomic E-state index is -0.105. The molecule has 0 aliphatic heterocycles. The van der Waals surface area contributed by atoms with Crippen molar-refractivity contribution >= 4 is 17.2 Å². The van der Waals surface area contributed by atoms with E-state index in [1.807, 2.05) is 19.2 Å². The number of thiophene rings is 1. The molecule has 1 atom stereocenters. The van der Waals surface area contributed by atoms with Gasteiger partial charge in [0.15, 0.2) is 0 Å². The van der Waals surface area contributed by atoms with Crippen LogP contribution in [0.25, 0.3) is 0 Å². The van der Waals surface area contributed by atoms with Crippen molar-refractivity contribution in [2.24, 2.45) is 0 Å². The molecule has 4 nitrogen and oxygen atoms in total. The summed E-state index contributed by atoms with van der Waals surface area (Å²) in [7, 11) is 0. The molecule has 0 fully saturated rings. The molecule has 134 valence electrons. The molecule has 1 N–H and O–H groups in total. The number of amides is 1. The Morgan fingerprint density at radius 2 is 2.12 bits per heavy atom. The van der Waals surface area contributed by atoms with Crippen LogP contribution in [-0.4, -0.2) is 15.7 Å². The van der Waals surface area contributed by atoms with Crippen molar-refractivity contribution in [3.05, 3.63) is 75.2 Å². The van der Waals surface area contributed by atoms with Gasteiger partial charge in [0.25, 0.3) is 0 Å². The van der Waals surface area contributed by atoms with E-state index in [9.17, 15) is 4.79 Å². The smallest absolute Gasteiger partial charge is 0.242 e. The second kappa shape index (κ2) is 7.46. The third kappa shape index (κ3) is 3.73. The largest absolute Gasteiger partial charge is 0.343 e. The highest BCUT2D eigenvalue weighted by atomic mass is 32.1. The average molecular weight is 366 g/mol. The van der Waals surface area contributed by atoms with Crippen LogP contribution in [0.5, 0.6) is 0 Å². The van der Waals surface area contributed by atoms with Gasteiger partial charge < -0.3 is 5.32 Å². The van der Waals surface area contributed by atoms with Crippen molar-refractivity contribution in [1.82, 2.24) is 15.1 Å². The first-order chi connectivity index (χ1) is 12.7. The fraction of sp³-hybridized carbons (Fsp3) is 0.333. The lowest BCUT2D eigenvalue weighted by molar-refractivity contribution is -0.122. The fourth-order valence-corrected chi connectivity index (χ4v) is 4.42. The van der Waals surface area contributed by atoms with Gasteiger partial charge in [-0.2, -0.15) is 5.10 Å². The second-order valence-corrected chi connectivity index (χ2v) is 7.95. The number of hydrogen-bond donors (Lipinski definition) is 1. The Balaban J connectivity index is 1.58. The molecule has 3 aromatic rings. The molecule has 1 aliphatic rings. The van der Waals surface area contributed by atoms with Crippen LogP contribution >= 0.6 is 11.3 Å². The van der Waals surface area contributed by atoms with E-state index in [0.29, 0.717) is 0 Å². The molecule has 1 unspecified atom stereocenters. The van der Waals surface area contributed by atoms with Crippen LogP contribution in [0, 0.1) is 6.92 Å². The van der Waals surface area contributed by atoms with Crippen LogP contribution in [-0.2, 0) is 24.2 Å². The van der Waals surface area contributed by atoms with E-state index in [4.69, 9.17) is 0 Å². The molecule has 1 aromatic carbocycles. The molecule has 1 amide bonds. The summed E-state index contributed by atoms with van der Waals surface area (Å²) in [5, 5.41) is 9.48. The molecule has 1 aliphatic carbocycles. The lowest BCUT2D eigenvalue weighted by Gasteiger charge is -2.22.